The highest BCUT2D eigenvalue weighted by molar-refractivity contribution is 5.97. The second-order valence-corrected chi connectivity index (χ2v) is 5.60. The van der Waals surface area contributed by atoms with E-state index in [0.29, 0.717) is 12.3 Å². The van der Waals surface area contributed by atoms with E-state index in [9.17, 15) is 4.79 Å². The second-order valence-electron chi connectivity index (χ2n) is 5.60. The molecule has 0 bridgehead atoms. The van der Waals surface area contributed by atoms with E-state index in [0.717, 1.165) is 29.9 Å². The minimum atomic E-state index is 0.195. The number of fused-ring (bicyclic) bond motifs is 1. The molecule has 1 unspecified atom stereocenters. The van der Waals surface area contributed by atoms with Crippen molar-refractivity contribution in [2.75, 3.05) is 0 Å². The minimum absolute atomic E-state index is 0.195. The minimum Gasteiger partial charge on any atom is -0.294 e. The van der Waals surface area contributed by atoms with Gasteiger partial charge in [-0.25, -0.2) is 0 Å². The van der Waals surface area contributed by atoms with Gasteiger partial charge in [0.05, 0.1) is 11.3 Å². The van der Waals surface area contributed by atoms with E-state index in [2.05, 4.69) is 29.4 Å². The van der Waals surface area contributed by atoms with Crippen LogP contribution in [0.1, 0.15) is 52.1 Å². The normalized spacial score (nSPS) is 16.6. The Kier molecular flexibility index (Phi) is 3.20. The number of aryl methyl sites for hydroxylation is 1. The van der Waals surface area contributed by atoms with Crippen molar-refractivity contribution in [1.82, 2.24) is 9.78 Å². The lowest BCUT2D eigenvalue weighted by molar-refractivity contribution is 0.0987. The second kappa shape index (κ2) is 4.89. The Morgan fingerprint density at radius 3 is 2.80 bits per heavy atom. The van der Waals surface area contributed by atoms with Crippen molar-refractivity contribution < 1.29 is 4.79 Å². The first-order chi connectivity index (χ1) is 9.61. The van der Waals surface area contributed by atoms with E-state index in [1.807, 2.05) is 25.5 Å². The molecule has 2 aromatic rings. The number of carbonyl (C=O) groups is 1. The summed E-state index contributed by atoms with van der Waals surface area (Å²) < 4.78 is 2.01. The van der Waals surface area contributed by atoms with Gasteiger partial charge >= 0.3 is 0 Å². The zero-order valence-corrected chi connectivity index (χ0v) is 12.3. The Bertz CT molecular complexity index is 670. The molecule has 1 aromatic carbocycles. The molecule has 104 valence electrons. The maximum absolute atomic E-state index is 12.0. The van der Waals surface area contributed by atoms with Crippen LogP contribution in [0.4, 0.5) is 0 Å². The molecule has 0 aliphatic heterocycles. The number of hydrogen-bond donors (Lipinski definition) is 0. The molecule has 0 saturated heterocycles. The van der Waals surface area contributed by atoms with Gasteiger partial charge in [-0.3, -0.25) is 9.48 Å². The molecule has 1 aliphatic carbocycles. The molecule has 0 amide bonds. The maximum atomic E-state index is 12.0. The van der Waals surface area contributed by atoms with Gasteiger partial charge in [0.2, 0.25) is 0 Å². The topological polar surface area (TPSA) is 34.9 Å². The predicted molar refractivity (Wildman–Crippen MR) is 79.2 cm³/mol. The van der Waals surface area contributed by atoms with Crippen LogP contribution < -0.4 is 0 Å². The monoisotopic (exact) mass is 268 g/mol. The zero-order valence-electron chi connectivity index (χ0n) is 12.3. The Balaban J connectivity index is 1.85. The Hall–Kier alpha value is -1.90. The highest BCUT2D eigenvalue weighted by atomic mass is 16.1. The van der Waals surface area contributed by atoms with Gasteiger partial charge in [0.1, 0.15) is 0 Å². The van der Waals surface area contributed by atoms with Gasteiger partial charge in [0.25, 0.3) is 0 Å². The van der Waals surface area contributed by atoms with Crippen LogP contribution in [-0.2, 0) is 13.0 Å². The molecule has 0 spiro atoms. The van der Waals surface area contributed by atoms with Crippen LogP contribution in [0.15, 0.2) is 24.3 Å². The summed E-state index contributed by atoms with van der Waals surface area (Å²) in [5.74, 6) is 0.731. The number of hydrogen-bond acceptors (Lipinski definition) is 2. The predicted octanol–water partition coefficient (Wildman–Crippen LogP) is 3.43. The molecule has 3 rings (SSSR count). The average Bonchev–Trinajstić information content (AvgIpc) is 2.70. The highest BCUT2D eigenvalue weighted by Gasteiger charge is 2.27. The number of benzene rings is 1. The van der Waals surface area contributed by atoms with Crippen molar-refractivity contribution >= 4 is 5.78 Å². The smallest absolute Gasteiger partial charge is 0.166 e. The third-order valence-corrected chi connectivity index (χ3v) is 4.34. The van der Waals surface area contributed by atoms with Gasteiger partial charge in [-0.2, -0.15) is 5.10 Å². The van der Waals surface area contributed by atoms with Gasteiger partial charge < -0.3 is 0 Å². The first kappa shape index (κ1) is 13.1. The molecular weight excluding hydrogens is 248 g/mol. The van der Waals surface area contributed by atoms with Crippen molar-refractivity contribution in [3.8, 4) is 0 Å². The van der Waals surface area contributed by atoms with Gasteiger partial charge in [-0.15, -0.1) is 0 Å². The lowest BCUT2D eigenvalue weighted by Gasteiger charge is -2.30. The van der Waals surface area contributed by atoms with Gasteiger partial charge in [0.15, 0.2) is 5.78 Å². The number of nitrogens with zero attached hydrogens (tertiary/aromatic N) is 2. The summed E-state index contributed by atoms with van der Waals surface area (Å²) in [5.41, 5.74) is 5.58. The van der Waals surface area contributed by atoms with E-state index in [1.165, 1.54) is 11.1 Å². The first-order valence-corrected chi connectivity index (χ1v) is 7.26. The Morgan fingerprint density at radius 1 is 1.35 bits per heavy atom. The average molecular weight is 268 g/mol. The maximum Gasteiger partial charge on any atom is 0.166 e. The van der Waals surface area contributed by atoms with Gasteiger partial charge in [-0.1, -0.05) is 31.2 Å². The van der Waals surface area contributed by atoms with Crippen molar-refractivity contribution in [1.29, 1.82) is 0 Å². The van der Waals surface area contributed by atoms with Crippen molar-refractivity contribution in [2.45, 2.75) is 46.1 Å². The molecular formula is C17H20N2O. The summed E-state index contributed by atoms with van der Waals surface area (Å²) in [4.78, 5) is 12.0. The van der Waals surface area contributed by atoms with Crippen LogP contribution in [0.5, 0.6) is 0 Å². The molecule has 1 heterocycles. The first-order valence-electron chi connectivity index (χ1n) is 7.26. The van der Waals surface area contributed by atoms with Crippen molar-refractivity contribution in [3.05, 3.63) is 52.3 Å². The van der Waals surface area contributed by atoms with Crippen LogP contribution in [0.3, 0.4) is 0 Å². The molecule has 1 aliphatic rings. The third kappa shape index (κ3) is 1.98. The fraction of sp³-hybridized carbons (Fsp3) is 0.412. The van der Waals surface area contributed by atoms with E-state index in [1.54, 1.807) is 0 Å². The van der Waals surface area contributed by atoms with Gasteiger partial charge in [0, 0.05) is 24.6 Å². The SMILES string of the molecule is CCC(=O)c1c(C)nn(CC2Cc3ccccc32)c1C. The Morgan fingerprint density at radius 2 is 2.10 bits per heavy atom. The van der Waals surface area contributed by atoms with E-state index in [4.69, 9.17) is 0 Å². The summed E-state index contributed by atoms with van der Waals surface area (Å²) in [6.07, 6.45) is 1.66. The largest absolute Gasteiger partial charge is 0.294 e. The van der Waals surface area contributed by atoms with E-state index < -0.39 is 0 Å². The van der Waals surface area contributed by atoms with Gasteiger partial charge in [-0.05, 0) is 31.4 Å². The fourth-order valence-corrected chi connectivity index (χ4v) is 3.19. The Labute approximate surface area is 119 Å². The summed E-state index contributed by atoms with van der Waals surface area (Å²) in [5, 5.41) is 4.57. The van der Waals surface area contributed by atoms with Crippen LogP contribution in [0.2, 0.25) is 0 Å². The number of carbonyl (C=O) groups excluding carboxylic acids is 1. The fourth-order valence-electron chi connectivity index (χ4n) is 3.19. The van der Waals surface area contributed by atoms with Crippen molar-refractivity contribution in [3.63, 3.8) is 0 Å². The molecule has 0 fully saturated rings. The van der Waals surface area contributed by atoms with E-state index >= 15 is 0 Å². The standard InChI is InChI=1S/C17H20N2O/c1-4-16(20)17-11(2)18-19(12(17)3)10-14-9-13-7-5-6-8-15(13)14/h5-8,14H,4,9-10H2,1-3H3. The number of aromatic nitrogens is 2. The lowest BCUT2D eigenvalue weighted by atomic mass is 9.77. The third-order valence-electron chi connectivity index (χ3n) is 4.34. The summed E-state index contributed by atoms with van der Waals surface area (Å²) in [7, 11) is 0. The molecule has 1 atom stereocenters. The van der Waals surface area contributed by atoms with E-state index in [-0.39, 0.29) is 5.78 Å². The highest BCUT2D eigenvalue weighted by Crippen LogP contribution is 2.36. The van der Waals surface area contributed by atoms with Crippen LogP contribution in [0.25, 0.3) is 0 Å². The number of Topliss-reactive ketones (excluding diaryl/α,β-unsaturated/α-hetero) is 1. The summed E-state index contributed by atoms with van der Waals surface area (Å²) >= 11 is 0. The molecule has 0 N–H and O–H groups in total. The number of rotatable bonds is 4. The van der Waals surface area contributed by atoms with Crippen LogP contribution in [-0.4, -0.2) is 15.6 Å². The molecule has 0 saturated carbocycles. The molecule has 0 radical (unpaired) electrons. The quantitative estimate of drug-likeness (QED) is 0.796. The zero-order chi connectivity index (χ0) is 14.3. The van der Waals surface area contributed by atoms with Crippen LogP contribution >= 0.6 is 0 Å². The molecule has 3 heteroatoms. The summed E-state index contributed by atoms with van der Waals surface area (Å²) in [6, 6.07) is 8.58. The van der Waals surface area contributed by atoms with Crippen LogP contribution in [0, 0.1) is 13.8 Å². The number of ketones is 1. The van der Waals surface area contributed by atoms with Crippen molar-refractivity contribution in [2.24, 2.45) is 0 Å². The molecule has 20 heavy (non-hydrogen) atoms. The molecule has 1 aromatic heterocycles. The summed E-state index contributed by atoms with van der Waals surface area (Å²) in [6.45, 7) is 6.72. The molecule has 3 nitrogen and oxygen atoms in total. The lowest BCUT2D eigenvalue weighted by Crippen LogP contribution is -2.23.